The Morgan fingerprint density at radius 3 is 2.73 bits per heavy atom. The Morgan fingerprint density at radius 1 is 1.27 bits per heavy atom. The molecule has 1 fully saturated rings. The van der Waals surface area contributed by atoms with Gasteiger partial charge in [0.05, 0.1) is 5.92 Å². The quantitative estimate of drug-likeness (QED) is 0.409. The lowest BCUT2D eigenvalue weighted by Crippen LogP contribution is -2.57. The molecule has 0 bridgehead atoms. The van der Waals surface area contributed by atoms with Crippen molar-refractivity contribution in [2.45, 2.75) is 31.7 Å². The van der Waals surface area contributed by atoms with Crippen LogP contribution in [0.15, 0.2) is 12.2 Å². The molecule has 0 aromatic carbocycles. The van der Waals surface area contributed by atoms with Crippen LogP contribution in [0.3, 0.4) is 0 Å². The number of carbonyl (C=O) groups excluding carboxylic acids is 1. The van der Waals surface area contributed by atoms with E-state index in [0.29, 0.717) is 12.0 Å². The first kappa shape index (κ1) is 6.89. The molecule has 1 heterocycles. The van der Waals surface area contributed by atoms with Gasteiger partial charge in [0.2, 0.25) is 5.91 Å². The van der Waals surface area contributed by atoms with Crippen molar-refractivity contribution in [3.63, 3.8) is 0 Å². The van der Waals surface area contributed by atoms with Crippen LogP contribution in [0.5, 0.6) is 0 Å². The number of fused-ring (bicyclic) bond motifs is 1. The first-order valence-electron chi connectivity index (χ1n) is 4.33. The molecule has 0 radical (unpaired) electrons. The third-order valence-electron chi connectivity index (χ3n) is 2.61. The molecule has 0 aromatic heterocycles. The second-order valence-corrected chi connectivity index (χ2v) is 3.35. The van der Waals surface area contributed by atoms with Gasteiger partial charge in [-0.1, -0.05) is 12.2 Å². The summed E-state index contributed by atoms with van der Waals surface area (Å²) in [6.45, 7) is 0. The van der Waals surface area contributed by atoms with Gasteiger partial charge >= 0.3 is 0 Å². The molecule has 0 aromatic rings. The van der Waals surface area contributed by atoms with E-state index in [9.17, 15) is 4.79 Å². The molecule has 1 N–H and O–H groups in total. The van der Waals surface area contributed by atoms with Crippen LogP contribution in [0.2, 0.25) is 0 Å². The van der Waals surface area contributed by atoms with Crippen molar-refractivity contribution in [2.75, 3.05) is 0 Å². The lowest BCUT2D eigenvalue weighted by Gasteiger charge is -2.37. The van der Waals surface area contributed by atoms with Gasteiger partial charge in [-0.2, -0.15) is 0 Å². The van der Waals surface area contributed by atoms with Gasteiger partial charge in [0.15, 0.2) is 0 Å². The fourth-order valence-electron chi connectivity index (χ4n) is 1.87. The topological polar surface area (TPSA) is 29.1 Å². The minimum atomic E-state index is 0.269. The minimum Gasteiger partial charge on any atom is -0.352 e. The molecule has 1 unspecified atom stereocenters. The van der Waals surface area contributed by atoms with Crippen LogP contribution in [0.1, 0.15) is 25.7 Å². The van der Waals surface area contributed by atoms with E-state index in [4.69, 9.17) is 0 Å². The summed E-state index contributed by atoms with van der Waals surface area (Å²) in [5, 5.41) is 2.94. The summed E-state index contributed by atoms with van der Waals surface area (Å²) in [6, 6.07) is 0.493. The van der Waals surface area contributed by atoms with Gasteiger partial charge in [0.1, 0.15) is 0 Å². The zero-order chi connectivity index (χ0) is 7.68. The number of hydrogen-bond donors (Lipinski definition) is 1. The highest BCUT2D eigenvalue weighted by Crippen LogP contribution is 2.26. The number of hydrogen-bond acceptors (Lipinski definition) is 1. The Morgan fingerprint density at radius 2 is 2.00 bits per heavy atom. The van der Waals surface area contributed by atoms with Crippen LogP contribution in [-0.4, -0.2) is 11.9 Å². The van der Waals surface area contributed by atoms with Crippen molar-refractivity contribution >= 4 is 5.91 Å². The monoisotopic (exact) mass is 151 g/mol. The molecule has 1 amide bonds. The molecule has 11 heavy (non-hydrogen) atoms. The molecular weight excluding hydrogens is 138 g/mol. The molecule has 2 heteroatoms. The highest BCUT2D eigenvalue weighted by molar-refractivity contribution is 5.85. The maximum absolute atomic E-state index is 11.0. The molecule has 1 aliphatic carbocycles. The Hall–Kier alpha value is -0.790. The second-order valence-electron chi connectivity index (χ2n) is 3.35. The zero-order valence-corrected chi connectivity index (χ0v) is 6.55. The largest absolute Gasteiger partial charge is 0.352 e. The fraction of sp³-hybridized carbons (Fsp3) is 0.667. The van der Waals surface area contributed by atoms with E-state index in [2.05, 4.69) is 17.5 Å². The van der Waals surface area contributed by atoms with Gasteiger partial charge in [0.25, 0.3) is 0 Å². The average Bonchev–Trinajstić information content (AvgIpc) is 1.96. The molecule has 2 atom stereocenters. The average molecular weight is 151 g/mol. The fourth-order valence-corrected chi connectivity index (χ4v) is 1.87. The summed E-state index contributed by atoms with van der Waals surface area (Å²) < 4.78 is 0. The van der Waals surface area contributed by atoms with Crippen LogP contribution in [0, 0.1) is 5.92 Å². The minimum absolute atomic E-state index is 0.269. The van der Waals surface area contributed by atoms with Crippen LogP contribution in [0.25, 0.3) is 0 Å². The number of amides is 1. The summed E-state index contributed by atoms with van der Waals surface area (Å²) in [4.78, 5) is 11.0. The molecule has 2 rings (SSSR count). The predicted octanol–water partition coefficient (Wildman–Crippen LogP) is 1.23. The standard InChI is InChI=1S/C9H13NO/c11-9-7-5-3-1-2-4-6-8(7)10-9/h1-2,7-8H,3-6H2,(H,10,11)/b2-1-/t7-,8?/m1/s1. The first-order chi connectivity index (χ1) is 5.38. The normalized spacial score (nSPS) is 39.1. The van der Waals surface area contributed by atoms with Crippen molar-refractivity contribution in [2.24, 2.45) is 5.92 Å². The van der Waals surface area contributed by atoms with E-state index in [0.717, 1.165) is 25.7 Å². The van der Waals surface area contributed by atoms with Crippen LogP contribution in [-0.2, 0) is 4.79 Å². The van der Waals surface area contributed by atoms with E-state index in [1.807, 2.05) is 0 Å². The van der Waals surface area contributed by atoms with Gasteiger partial charge in [-0.25, -0.2) is 0 Å². The van der Waals surface area contributed by atoms with Crippen molar-refractivity contribution < 1.29 is 4.79 Å². The molecule has 60 valence electrons. The molecule has 1 saturated heterocycles. The van der Waals surface area contributed by atoms with E-state index in [1.54, 1.807) is 0 Å². The van der Waals surface area contributed by atoms with Gasteiger partial charge in [-0.05, 0) is 25.7 Å². The molecule has 1 aliphatic heterocycles. The number of carbonyl (C=O) groups is 1. The zero-order valence-electron chi connectivity index (χ0n) is 6.55. The lowest BCUT2D eigenvalue weighted by molar-refractivity contribution is -0.135. The maximum atomic E-state index is 11.0. The molecule has 0 saturated carbocycles. The molecule has 2 nitrogen and oxygen atoms in total. The Labute approximate surface area is 66.7 Å². The third kappa shape index (κ3) is 1.17. The molecular formula is C9H13NO. The van der Waals surface area contributed by atoms with E-state index in [-0.39, 0.29) is 5.91 Å². The van der Waals surface area contributed by atoms with Crippen LogP contribution >= 0.6 is 0 Å². The Kier molecular flexibility index (Phi) is 1.68. The Bertz CT molecular complexity index is 198. The summed E-state index contributed by atoms with van der Waals surface area (Å²) in [7, 11) is 0. The van der Waals surface area contributed by atoms with Gasteiger partial charge < -0.3 is 5.32 Å². The van der Waals surface area contributed by atoms with Gasteiger partial charge in [-0.15, -0.1) is 0 Å². The number of rotatable bonds is 0. The van der Waals surface area contributed by atoms with Gasteiger partial charge in [-0.3, -0.25) is 4.79 Å². The van der Waals surface area contributed by atoms with Gasteiger partial charge in [0, 0.05) is 6.04 Å². The van der Waals surface area contributed by atoms with Crippen molar-refractivity contribution in [1.82, 2.24) is 5.32 Å². The molecule has 2 aliphatic rings. The third-order valence-corrected chi connectivity index (χ3v) is 2.61. The molecule has 0 spiro atoms. The summed E-state index contributed by atoms with van der Waals surface area (Å²) in [5.74, 6) is 0.602. The SMILES string of the molecule is O=C1NC2CC/C=C\CC[C@@H]12. The van der Waals surface area contributed by atoms with Crippen molar-refractivity contribution in [1.29, 1.82) is 0 Å². The lowest BCUT2D eigenvalue weighted by atomic mass is 9.82. The smallest absolute Gasteiger partial charge is 0.225 e. The summed E-state index contributed by atoms with van der Waals surface area (Å²) >= 11 is 0. The van der Waals surface area contributed by atoms with E-state index >= 15 is 0 Å². The number of β-lactam (4-membered cyclic amide) rings is 1. The summed E-state index contributed by atoms with van der Waals surface area (Å²) in [5.41, 5.74) is 0. The van der Waals surface area contributed by atoms with E-state index < -0.39 is 0 Å². The first-order valence-corrected chi connectivity index (χ1v) is 4.33. The van der Waals surface area contributed by atoms with Crippen LogP contribution < -0.4 is 5.32 Å². The summed E-state index contributed by atoms with van der Waals surface area (Å²) in [6.07, 6.45) is 8.80. The van der Waals surface area contributed by atoms with Crippen LogP contribution in [0.4, 0.5) is 0 Å². The predicted molar refractivity (Wildman–Crippen MR) is 43.0 cm³/mol. The number of allylic oxidation sites excluding steroid dienone is 2. The van der Waals surface area contributed by atoms with Crippen molar-refractivity contribution in [3.8, 4) is 0 Å². The number of nitrogens with one attached hydrogen (secondary N) is 1. The highest BCUT2D eigenvalue weighted by Gasteiger charge is 2.37. The highest BCUT2D eigenvalue weighted by atomic mass is 16.2. The van der Waals surface area contributed by atoms with Crippen molar-refractivity contribution in [3.05, 3.63) is 12.2 Å². The second kappa shape index (κ2) is 2.68. The maximum Gasteiger partial charge on any atom is 0.225 e. The Balaban J connectivity index is 2.00. The van der Waals surface area contributed by atoms with E-state index in [1.165, 1.54) is 0 Å².